The molecule has 0 radical (unpaired) electrons. The van der Waals surface area contributed by atoms with Gasteiger partial charge in [0.15, 0.2) is 0 Å². The predicted molar refractivity (Wildman–Crippen MR) is 151 cm³/mol. The standard InChI is InChI=1S/C29H36BrN5O4/c1-28(2,3)38-26(36)34(27(37)39-29(4,5)6)15-17-11-20(12-17)35-16-21(25(33-35)18-7-8-18)24-14-31-23-13-19(30)9-10-22(23)32-24/h9-10,13-14,16-18,20H,7-8,11-12,15H2,1-6H3/t17-,20-. The highest BCUT2D eigenvalue weighted by Gasteiger charge is 2.39. The number of halogens is 1. The average molecular weight is 599 g/mol. The smallest absolute Gasteiger partial charge is 0.419 e. The fourth-order valence-corrected chi connectivity index (χ4v) is 5.09. The third-order valence-corrected chi connectivity index (χ3v) is 7.25. The van der Waals surface area contributed by atoms with Crippen LogP contribution in [0.25, 0.3) is 22.3 Å². The molecule has 2 aliphatic rings. The molecule has 0 N–H and O–H groups in total. The maximum absolute atomic E-state index is 12.9. The van der Waals surface area contributed by atoms with Gasteiger partial charge in [-0.2, -0.15) is 5.10 Å². The third kappa shape index (κ3) is 6.59. The van der Waals surface area contributed by atoms with Crippen molar-refractivity contribution in [1.82, 2.24) is 24.6 Å². The summed E-state index contributed by atoms with van der Waals surface area (Å²) in [5.74, 6) is 0.584. The largest absolute Gasteiger partial charge is 0.443 e. The number of carbonyl (C=O) groups excluding carboxylic acids is 2. The first-order chi connectivity index (χ1) is 18.3. The van der Waals surface area contributed by atoms with E-state index in [0.29, 0.717) is 5.92 Å². The summed E-state index contributed by atoms with van der Waals surface area (Å²) in [5, 5.41) is 4.99. The van der Waals surface area contributed by atoms with Crippen molar-refractivity contribution >= 4 is 39.1 Å². The first kappa shape index (κ1) is 27.6. The van der Waals surface area contributed by atoms with Crippen LogP contribution in [-0.2, 0) is 9.47 Å². The number of fused-ring (bicyclic) bond motifs is 1. The van der Waals surface area contributed by atoms with Gasteiger partial charge in [0.2, 0.25) is 0 Å². The van der Waals surface area contributed by atoms with Crippen LogP contribution < -0.4 is 0 Å². The van der Waals surface area contributed by atoms with Crippen LogP contribution in [0, 0.1) is 5.92 Å². The van der Waals surface area contributed by atoms with E-state index in [-0.39, 0.29) is 18.5 Å². The first-order valence-corrected chi connectivity index (χ1v) is 14.3. The first-order valence-electron chi connectivity index (χ1n) is 13.5. The van der Waals surface area contributed by atoms with Gasteiger partial charge in [-0.05, 0) is 91.3 Å². The van der Waals surface area contributed by atoms with Crippen molar-refractivity contribution < 1.29 is 19.1 Å². The number of hydrogen-bond donors (Lipinski definition) is 0. The Hall–Kier alpha value is -3.01. The summed E-state index contributed by atoms with van der Waals surface area (Å²) >= 11 is 3.49. The molecule has 39 heavy (non-hydrogen) atoms. The van der Waals surface area contributed by atoms with Crippen LogP contribution in [0.1, 0.15) is 84.9 Å². The Bertz CT molecular complexity index is 1370. The van der Waals surface area contributed by atoms with Crippen LogP contribution in [0.5, 0.6) is 0 Å². The number of aromatic nitrogens is 4. The summed E-state index contributed by atoms with van der Waals surface area (Å²) in [6.07, 6.45) is 6.40. The number of hydrogen-bond acceptors (Lipinski definition) is 7. The minimum Gasteiger partial charge on any atom is -0.443 e. The molecule has 9 nitrogen and oxygen atoms in total. The molecule has 0 unspecified atom stereocenters. The van der Waals surface area contributed by atoms with Gasteiger partial charge in [-0.3, -0.25) is 9.67 Å². The zero-order valence-corrected chi connectivity index (χ0v) is 25.0. The highest BCUT2D eigenvalue weighted by atomic mass is 79.9. The van der Waals surface area contributed by atoms with E-state index < -0.39 is 23.4 Å². The maximum atomic E-state index is 12.9. The van der Waals surface area contributed by atoms with Crippen molar-refractivity contribution in [3.05, 3.63) is 40.8 Å². The average Bonchev–Trinajstić information content (AvgIpc) is 3.54. The van der Waals surface area contributed by atoms with Gasteiger partial charge in [0.25, 0.3) is 0 Å². The summed E-state index contributed by atoms with van der Waals surface area (Å²) < 4.78 is 14.0. The van der Waals surface area contributed by atoms with Crippen LogP contribution in [-0.4, -0.2) is 54.6 Å². The van der Waals surface area contributed by atoms with Gasteiger partial charge in [0, 0.05) is 28.7 Å². The second kappa shape index (κ2) is 10.2. The number of benzene rings is 1. The summed E-state index contributed by atoms with van der Waals surface area (Å²) in [5.41, 5.74) is 3.19. The Balaban J connectivity index is 1.31. The molecular formula is C29H36BrN5O4. The summed E-state index contributed by atoms with van der Waals surface area (Å²) in [4.78, 5) is 36.4. The number of nitrogens with zero attached hydrogens (tertiary/aromatic N) is 5. The Labute approximate surface area is 237 Å². The molecule has 0 bridgehead atoms. The van der Waals surface area contributed by atoms with Crippen LogP contribution in [0.4, 0.5) is 9.59 Å². The normalized spacial score (nSPS) is 19.5. The van der Waals surface area contributed by atoms with E-state index >= 15 is 0 Å². The lowest BCUT2D eigenvalue weighted by molar-refractivity contribution is -0.00641. The fourth-order valence-electron chi connectivity index (χ4n) is 4.74. The van der Waals surface area contributed by atoms with Gasteiger partial charge in [-0.25, -0.2) is 19.5 Å². The Morgan fingerprint density at radius 1 is 1.03 bits per heavy atom. The zero-order valence-electron chi connectivity index (χ0n) is 23.4. The third-order valence-electron chi connectivity index (χ3n) is 6.76. The van der Waals surface area contributed by atoms with Gasteiger partial charge in [-0.1, -0.05) is 15.9 Å². The molecule has 10 heteroatoms. The quantitative estimate of drug-likeness (QED) is 0.305. The van der Waals surface area contributed by atoms with Crippen molar-refractivity contribution in [2.45, 2.75) is 90.4 Å². The van der Waals surface area contributed by atoms with E-state index in [0.717, 1.165) is 63.0 Å². The van der Waals surface area contributed by atoms with Crippen LogP contribution in [0.15, 0.2) is 35.1 Å². The van der Waals surface area contributed by atoms with Crippen molar-refractivity contribution in [3.8, 4) is 11.3 Å². The molecule has 0 aliphatic heterocycles. The minimum atomic E-state index is -0.716. The van der Waals surface area contributed by atoms with E-state index in [1.54, 1.807) is 41.5 Å². The topological polar surface area (TPSA) is 99.4 Å². The highest BCUT2D eigenvalue weighted by Crippen LogP contribution is 2.45. The Morgan fingerprint density at radius 2 is 1.67 bits per heavy atom. The van der Waals surface area contributed by atoms with E-state index in [9.17, 15) is 9.59 Å². The summed E-state index contributed by atoms with van der Waals surface area (Å²) in [7, 11) is 0. The molecule has 2 aliphatic carbocycles. The van der Waals surface area contributed by atoms with E-state index in [1.165, 1.54) is 0 Å². The van der Waals surface area contributed by atoms with Crippen molar-refractivity contribution in [2.75, 3.05) is 6.54 Å². The highest BCUT2D eigenvalue weighted by molar-refractivity contribution is 9.10. The lowest BCUT2D eigenvalue weighted by Crippen LogP contribution is -2.47. The molecule has 0 saturated heterocycles. The SMILES string of the molecule is CC(C)(C)OC(=O)N(C[C@H]1C[C@H](n2cc(-c3cnc4cc(Br)ccc4n3)c(C3CC3)n2)C1)C(=O)OC(C)(C)C. The molecule has 1 aromatic carbocycles. The van der Waals surface area contributed by atoms with Gasteiger partial charge in [-0.15, -0.1) is 0 Å². The maximum Gasteiger partial charge on any atom is 0.419 e. The van der Waals surface area contributed by atoms with Crippen LogP contribution in [0.2, 0.25) is 0 Å². The van der Waals surface area contributed by atoms with Crippen molar-refractivity contribution in [1.29, 1.82) is 0 Å². The lowest BCUT2D eigenvalue weighted by atomic mass is 9.80. The Morgan fingerprint density at radius 3 is 2.26 bits per heavy atom. The van der Waals surface area contributed by atoms with Crippen LogP contribution in [0.3, 0.4) is 0 Å². The number of imide groups is 1. The van der Waals surface area contributed by atoms with Crippen molar-refractivity contribution in [3.63, 3.8) is 0 Å². The predicted octanol–water partition coefficient (Wildman–Crippen LogP) is 7.26. The number of ether oxygens (including phenoxy) is 2. The molecule has 2 aromatic heterocycles. The molecule has 208 valence electrons. The van der Waals surface area contributed by atoms with Gasteiger partial charge < -0.3 is 9.47 Å². The minimum absolute atomic E-state index is 0.131. The monoisotopic (exact) mass is 597 g/mol. The second-order valence-electron chi connectivity index (χ2n) is 12.6. The summed E-state index contributed by atoms with van der Waals surface area (Å²) in [6.45, 7) is 10.9. The molecule has 2 heterocycles. The van der Waals surface area contributed by atoms with E-state index in [4.69, 9.17) is 19.6 Å². The van der Waals surface area contributed by atoms with Crippen molar-refractivity contribution in [2.24, 2.45) is 5.92 Å². The number of rotatable bonds is 5. The molecular weight excluding hydrogens is 562 g/mol. The fraction of sp³-hybridized carbons (Fsp3) is 0.552. The van der Waals surface area contributed by atoms with Crippen LogP contribution >= 0.6 is 15.9 Å². The molecule has 2 amide bonds. The molecule has 0 atom stereocenters. The van der Waals surface area contributed by atoms with Gasteiger partial charge in [0.1, 0.15) is 11.2 Å². The zero-order chi connectivity index (χ0) is 28.1. The molecule has 5 rings (SSSR count). The van der Waals surface area contributed by atoms with E-state index in [2.05, 4.69) is 27.1 Å². The van der Waals surface area contributed by atoms with E-state index in [1.807, 2.05) is 29.1 Å². The molecule has 3 aromatic rings. The van der Waals surface area contributed by atoms with Gasteiger partial charge >= 0.3 is 12.2 Å². The summed E-state index contributed by atoms with van der Waals surface area (Å²) in [6, 6.07) is 6.08. The molecule has 2 saturated carbocycles. The number of amides is 2. The Kier molecular flexibility index (Phi) is 7.20. The number of carbonyl (C=O) groups is 2. The lowest BCUT2D eigenvalue weighted by Gasteiger charge is -2.38. The molecule has 2 fully saturated rings. The molecule has 0 spiro atoms. The van der Waals surface area contributed by atoms with Gasteiger partial charge in [0.05, 0.1) is 34.7 Å². The second-order valence-corrected chi connectivity index (χ2v) is 13.5.